The summed E-state index contributed by atoms with van der Waals surface area (Å²) in [4.78, 5) is 37.1. The SMILES string of the molecule is C#CCO[C@@H]1[C@@H]2O[Si](C(C)C)(C(C)C)O[Si](C(C)C)(C(C)C)OC[C@H]2O[C@H]1n1cnc2c(=O)[nH]c(C(=O)C(C)C)nc21. The summed E-state index contributed by atoms with van der Waals surface area (Å²) < 4.78 is 36.0. The van der Waals surface area contributed by atoms with Gasteiger partial charge in [0.2, 0.25) is 5.78 Å². The molecule has 0 aromatic carbocycles. The normalized spacial score (nSPS) is 25.8. The molecule has 13 heteroatoms. The number of ether oxygens (including phenoxy) is 2. The third kappa shape index (κ3) is 5.58. The Labute approximate surface area is 250 Å². The van der Waals surface area contributed by atoms with Crippen LogP contribution in [0.15, 0.2) is 11.1 Å². The van der Waals surface area contributed by atoms with Gasteiger partial charge in [0.25, 0.3) is 5.56 Å². The number of aromatic nitrogens is 4. The van der Waals surface area contributed by atoms with E-state index in [0.29, 0.717) is 0 Å². The first-order valence-electron chi connectivity index (χ1n) is 14.9. The highest BCUT2D eigenvalue weighted by Crippen LogP contribution is 2.49. The molecule has 1 N–H and O–H groups in total. The molecular weight excluding hydrogens is 573 g/mol. The lowest BCUT2D eigenvalue weighted by molar-refractivity contribution is -0.0635. The second kappa shape index (κ2) is 12.4. The van der Waals surface area contributed by atoms with Gasteiger partial charge in [0.1, 0.15) is 24.9 Å². The van der Waals surface area contributed by atoms with Crippen LogP contribution in [0.1, 0.15) is 86.1 Å². The van der Waals surface area contributed by atoms with E-state index in [4.69, 9.17) is 28.9 Å². The molecule has 2 aromatic heterocycles. The van der Waals surface area contributed by atoms with Gasteiger partial charge in [-0.05, 0) is 22.2 Å². The minimum absolute atomic E-state index is 0.0190. The highest BCUT2D eigenvalue weighted by atomic mass is 28.5. The molecule has 42 heavy (non-hydrogen) atoms. The Balaban J connectivity index is 1.87. The first-order valence-corrected chi connectivity index (χ1v) is 18.9. The zero-order valence-electron chi connectivity index (χ0n) is 26.5. The molecule has 2 aliphatic heterocycles. The van der Waals surface area contributed by atoms with E-state index in [0.717, 1.165) is 0 Å². The van der Waals surface area contributed by atoms with Crippen molar-refractivity contribution < 1.29 is 27.2 Å². The zero-order chi connectivity index (χ0) is 31.1. The number of hydrogen-bond acceptors (Lipinski definition) is 9. The molecular formula is C29H46N4O7Si2. The summed E-state index contributed by atoms with van der Waals surface area (Å²) in [6.45, 7) is 21.0. The monoisotopic (exact) mass is 618 g/mol. The molecule has 0 radical (unpaired) electrons. The van der Waals surface area contributed by atoms with Crippen LogP contribution in [-0.2, 0) is 22.4 Å². The number of hydrogen-bond donors (Lipinski definition) is 1. The Kier molecular flexibility index (Phi) is 9.69. The molecule has 0 saturated carbocycles. The predicted octanol–water partition coefficient (Wildman–Crippen LogP) is 4.83. The Hall–Kier alpha value is -2.19. The van der Waals surface area contributed by atoms with Crippen molar-refractivity contribution in [3.05, 3.63) is 22.5 Å². The Morgan fingerprint density at radius 3 is 2.26 bits per heavy atom. The molecule has 0 spiro atoms. The van der Waals surface area contributed by atoms with Gasteiger partial charge in [-0.2, -0.15) is 0 Å². The van der Waals surface area contributed by atoms with Crippen LogP contribution in [0.4, 0.5) is 0 Å². The number of terminal acetylenes is 1. The van der Waals surface area contributed by atoms with Crippen LogP contribution in [0.3, 0.4) is 0 Å². The number of carbonyl (C=O) groups excluding carboxylic acids is 1. The van der Waals surface area contributed by atoms with Gasteiger partial charge in [0.15, 0.2) is 23.2 Å². The Morgan fingerprint density at radius 1 is 1.10 bits per heavy atom. The van der Waals surface area contributed by atoms with Gasteiger partial charge in [0.05, 0.1) is 12.9 Å². The molecule has 4 atom stereocenters. The van der Waals surface area contributed by atoms with Crippen molar-refractivity contribution in [2.75, 3.05) is 13.2 Å². The van der Waals surface area contributed by atoms with E-state index in [2.05, 4.69) is 76.3 Å². The molecule has 0 bridgehead atoms. The van der Waals surface area contributed by atoms with Crippen LogP contribution in [0, 0.1) is 18.3 Å². The maximum absolute atomic E-state index is 12.9. The average molecular weight is 619 g/mol. The summed E-state index contributed by atoms with van der Waals surface area (Å²) in [5.41, 5.74) is 0.384. The maximum Gasteiger partial charge on any atom is 0.335 e. The second-order valence-electron chi connectivity index (χ2n) is 12.9. The van der Waals surface area contributed by atoms with Crippen LogP contribution in [0.5, 0.6) is 0 Å². The van der Waals surface area contributed by atoms with Crippen molar-refractivity contribution in [2.24, 2.45) is 5.92 Å². The number of H-pyrrole nitrogens is 1. The van der Waals surface area contributed by atoms with Crippen LogP contribution in [-0.4, -0.2) is 73.9 Å². The maximum atomic E-state index is 12.9. The van der Waals surface area contributed by atoms with Crippen LogP contribution in [0.2, 0.25) is 22.2 Å². The van der Waals surface area contributed by atoms with Crippen LogP contribution in [0.25, 0.3) is 11.2 Å². The topological polar surface area (TPSA) is 127 Å². The van der Waals surface area contributed by atoms with Crippen molar-refractivity contribution in [3.63, 3.8) is 0 Å². The highest BCUT2D eigenvalue weighted by molar-refractivity contribution is 6.84. The quantitative estimate of drug-likeness (QED) is 0.239. The molecule has 4 rings (SSSR count). The number of rotatable bonds is 9. The number of nitrogens with one attached hydrogen (secondary N) is 1. The fraction of sp³-hybridized carbons (Fsp3) is 0.724. The molecule has 2 saturated heterocycles. The van der Waals surface area contributed by atoms with Gasteiger partial charge in [-0.3, -0.25) is 14.2 Å². The van der Waals surface area contributed by atoms with Gasteiger partial charge in [-0.25, -0.2) is 9.97 Å². The fourth-order valence-corrected chi connectivity index (χ4v) is 17.4. The summed E-state index contributed by atoms with van der Waals surface area (Å²) in [5.74, 6) is 1.90. The van der Waals surface area contributed by atoms with E-state index >= 15 is 0 Å². The largest absolute Gasteiger partial charge is 0.414 e. The van der Waals surface area contributed by atoms with Crippen molar-refractivity contribution in [1.82, 2.24) is 19.5 Å². The summed E-state index contributed by atoms with van der Waals surface area (Å²) in [7, 11) is -5.77. The average Bonchev–Trinajstić information content (AvgIpc) is 3.47. The number of nitrogens with zero attached hydrogens (tertiary/aromatic N) is 3. The fourth-order valence-electron chi connectivity index (χ4n) is 6.17. The molecule has 0 amide bonds. The zero-order valence-corrected chi connectivity index (χ0v) is 28.5. The van der Waals surface area contributed by atoms with Crippen molar-refractivity contribution >= 4 is 34.1 Å². The number of imidazole rings is 1. The molecule has 2 fully saturated rings. The molecule has 4 heterocycles. The minimum Gasteiger partial charge on any atom is -0.414 e. The van der Waals surface area contributed by atoms with E-state index in [-0.39, 0.29) is 64.1 Å². The number of Topliss-reactive ketones (excluding diaryl/α,β-unsaturated/α-hetero) is 1. The number of ketones is 1. The first kappa shape index (κ1) is 32.7. The minimum atomic E-state index is -2.98. The summed E-state index contributed by atoms with van der Waals surface area (Å²) in [5, 5.41) is 0. The van der Waals surface area contributed by atoms with E-state index < -0.39 is 47.2 Å². The Morgan fingerprint density at radius 2 is 1.71 bits per heavy atom. The molecule has 2 aliphatic rings. The first-order chi connectivity index (χ1) is 19.7. The molecule has 232 valence electrons. The lowest BCUT2D eigenvalue weighted by Gasteiger charge is -2.51. The lowest BCUT2D eigenvalue weighted by Crippen LogP contribution is -2.66. The van der Waals surface area contributed by atoms with E-state index in [1.54, 1.807) is 18.4 Å². The molecule has 0 aliphatic carbocycles. The number of aromatic amines is 1. The molecule has 11 nitrogen and oxygen atoms in total. The van der Waals surface area contributed by atoms with Crippen molar-refractivity contribution in [1.29, 1.82) is 0 Å². The Bertz CT molecular complexity index is 1360. The number of fused-ring (bicyclic) bond motifs is 2. The smallest absolute Gasteiger partial charge is 0.335 e. The van der Waals surface area contributed by atoms with Crippen molar-refractivity contribution in [2.45, 2.75) is 116 Å². The third-order valence-electron chi connectivity index (χ3n) is 8.44. The molecule has 2 aromatic rings. The second-order valence-corrected chi connectivity index (χ2v) is 21.7. The third-order valence-corrected chi connectivity index (χ3v) is 18.7. The van der Waals surface area contributed by atoms with Gasteiger partial charge in [-0.1, -0.05) is 75.2 Å². The number of carbonyl (C=O) groups is 1. The summed E-state index contributed by atoms with van der Waals surface area (Å²) in [6, 6.07) is 0. The predicted molar refractivity (Wildman–Crippen MR) is 164 cm³/mol. The van der Waals surface area contributed by atoms with Crippen LogP contribution < -0.4 is 5.56 Å². The lowest BCUT2D eigenvalue weighted by atomic mass is 10.1. The van der Waals surface area contributed by atoms with E-state index in [9.17, 15) is 9.59 Å². The standard InChI is InChI=1S/C29H46N4O7Si2/c1-12-13-36-25-24-21(14-37-41(17(4)5,18(6)7)40-42(39-24,19(8)9)20(10)11)38-29(25)33-15-30-22-27(33)31-26(32-28(22)35)23(34)16(2)3/h1,15-21,24-25,29H,13-14H2,2-11H3,(H,31,32,35)/t21-,24-,25-,29-/m1/s1. The molecule has 0 unspecified atom stereocenters. The van der Waals surface area contributed by atoms with Gasteiger partial charge >= 0.3 is 17.1 Å². The van der Waals surface area contributed by atoms with Gasteiger partial charge in [0, 0.05) is 5.92 Å². The summed E-state index contributed by atoms with van der Waals surface area (Å²) in [6.07, 6.45) is 4.57. The summed E-state index contributed by atoms with van der Waals surface area (Å²) >= 11 is 0. The van der Waals surface area contributed by atoms with E-state index in [1.807, 2.05) is 0 Å². The highest BCUT2D eigenvalue weighted by Gasteiger charge is 2.62. The van der Waals surface area contributed by atoms with Gasteiger partial charge in [-0.15, -0.1) is 6.42 Å². The van der Waals surface area contributed by atoms with Crippen molar-refractivity contribution in [3.8, 4) is 12.3 Å². The van der Waals surface area contributed by atoms with Crippen LogP contribution >= 0.6 is 0 Å². The van der Waals surface area contributed by atoms with E-state index in [1.165, 1.54) is 6.33 Å². The van der Waals surface area contributed by atoms with Gasteiger partial charge < -0.3 is 27.4 Å².